The first-order valence-corrected chi connectivity index (χ1v) is 5.14. The normalized spacial score (nSPS) is 22.1. The van der Waals surface area contributed by atoms with Crippen molar-refractivity contribution < 1.29 is 9.53 Å². The zero-order valence-corrected chi connectivity index (χ0v) is 8.26. The molecule has 4 heteroatoms. The van der Waals surface area contributed by atoms with E-state index >= 15 is 0 Å². The summed E-state index contributed by atoms with van der Waals surface area (Å²) < 4.78 is 9.38. The molecular weight excluding hydrogens is 186 g/mol. The van der Waals surface area contributed by atoms with Crippen LogP contribution in [0.1, 0.15) is 28.2 Å². The van der Waals surface area contributed by atoms with Gasteiger partial charge in [0.05, 0.1) is 10.6 Å². The molecule has 1 fully saturated rings. The molecule has 1 aliphatic rings. The molecule has 1 aliphatic heterocycles. The van der Waals surface area contributed by atoms with E-state index in [-0.39, 0.29) is 11.9 Å². The number of ketones is 1. The minimum absolute atomic E-state index is 0.100. The van der Waals surface area contributed by atoms with Crippen molar-refractivity contribution in [3.05, 3.63) is 16.6 Å². The van der Waals surface area contributed by atoms with Crippen molar-refractivity contribution in [1.82, 2.24) is 4.37 Å². The lowest BCUT2D eigenvalue weighted by Crippen LogP contribution is -2.18. The Morgan fingerprint density at radius 3 is 3.15 bits per heavy atom. The Balaban J connectivity index is 2.12. The molecule has 13 heavy (non-hydrogen) atoms. The lowest BCUT2D eigenvalue weighted by Gasteiger charge is -2.04. The molecule has 3 nitrogen and oxygen atoms in total. The van der Waals surface area contributed by atoms with Crippen LogP contribution in [-0.4, -0.2) is 22.9 Å². The van der Waals surface area contributed by atoms with Gasteiger partial charge >= 0.3 is 0 Å². The topological polar surface area (TPSA) is 39.2 Å². The number of Topliss-reactive ketones (excluding diaryl/α,β-unsaturated/α-hetero) is 1. The zero-order valence-electron chi connectivity index (χ0n) is 7.45. The van der Waals surface area contributed by atoms with Crippen molar-refractivity contribution in [1.29, 1.82) is 0 Å². The number of hydrogen-bond donors (Lipinski definition) is 0. The van der Waals surface area contributed by atoms with Gasteiger partial charge in [-0.25, -0.2) is 0 Å². The molecule has 0 spiro atoms. The van der Waals surface area contributed by atoms with Gasteiger partial charge < -0.3 is 4.74 Å². The fraction of sp³-hybridized carbons (Fsp3) is 0.556. The Morgan fingerprint density at radius 2 is 2.62 bits per heavy atom. The number of carbonyl (C=O) groups excluding carboxylic acids is 1. The molecule has 0 radical (unpaired) electrons. The summed E-state index contributed by atoms with van der Waals surface area (Å²) in [5.41, 5.74) is 0.909. The van der Waals surface area contributed by atoms with E-state index < -0.39 is 0 Å². The largest absolute Gasteiger partial charge is 0.370 e. The van der Waals surface area contributed by atoms with Crippen molar-refractivity contribution in [3.8, 4) is 0 Å². The van der Waals surface area contributed by atoms with E-state index in [1.165, 1.54) is 11.5 Å². The Bertz CT molecular complexity index is 315. The molecule has 2 rings (SSSR count). The van der Waals surface area contributed by atoms with E-state index in [4.69, 9.17) is 4.74 Å². The van der Waals surface area contributed by atoms with Gasteiger partial charge in [0.25, 0.3) is 0 Å². The fourth-order valence-corrected chi connectivity index (χ4v) is 2.16. The minimum Gasteiger partial charge on any atom is -0.370 e. The molecule has 0 aromatic carbocycles. The number of carbonyl (C=O) groups is 1. The third-order valence-electron chi connectivity index (χ3n) is 2.09. The summed E-state index contributed by atoms with van der Waals surface area (Å²) in [6.07, 6.45) is 1.64. The first kappa shape index (κ1) is 8.84. The van der Waals surface area contributed by atoms with Crippen molar-refractivity contribution in [2.24, 2.45) is 0 Å². The second-order valence-corrected chi connectivity index (χ2v) is 4.00. The average molecular weight is 197 g/mol. The highest BCUT2D eigenvalue weighted by Crippen LogP contribution is 2.19. The average Bonchev–Trinajstić information content (AvgIpc) is 2.72. The summed E-state index contributed by atoms with van der Waals surface area (Å²) >= 11 is 1.26. The Hall–Kier alpha value is -0.740. The number of aryl methyl sites for hydroxylation is 1. The van der Waals surface area contributed by atoms with Crippen molar-refractivity contribution in [2.75, 3.05) is 6.61 Å². The highest BCUT2D eigenvalue weighted by atomic mass is 32.1. The molecule has 1 unspecified atom stereocenters. The lowest BCUT2D eigenvalue weighted by molar-refractivity contribution is 0.0647. The van der Waals surface area contributed by atoms with Gasteiger partial charge in [-0.05, 0) is 37.4 Å². The van der Waals surface area contributed by atoms with Crippen LogP contribution in [0, 0.1) is 6.92 Å². The summed E-state index contributed by atoms with van der Waals surface area (Å²) in [5, 5.41) is 0. The molecule has 0 N–H and O–H groups in total. The van der Waals surface area contributed by atoms with Crippen LogP contribution in [0.4, 0.5) is 0 Å². The first-order chi connectivity index (χ1) is 6.27. The maximum atomic E-state index is 11.7. The summed E-state index contributed by atoms with van der Waals surface area (Å²) in [6.45, 7) is 2.61. The molecule has 2 heterocycles. The molecule has 0 saturated carbocycles. The quantitative estimate of drug-likeness (QED) is 0.679. The lowest BCUT2D eigenvalue weighted by atomic mass is 10.1. The van der Waals surface area contributed by atoms with Gasteiger partial charge in [-0.3, -0.25) is 4.79 Å². The fourth-order valence-electron chi connectivity index (χ4n) is 1.42. The standard InChI is InChI=1S/C9H11NO2S/c1-6-5-8(13-10-6)9(11)7-3-2-4-12-7/h5,7H,2-4H2,1H3. The number of hydrogen-bond acceptors (Lipinski definition) is 4. The Labute approximate surface area is 80.9 Å². The van der Waals surface area contributed by atoms with Crippen LogP contribution < -0.4 is 0 Å². The second kappa shape index (κ2) is 3.55. The molecule has 70 valence electrons. The third-order valence-corrected chi connectivity index (χ3v) is 2.99. The van der Waals surface area contributed by atoms with Gasteiger partial charge in [-0.1, -0.05) is 0 Å². The van der Waals surface area contributed by atoms with Crippen LogP contribution in [-0.2, 0) is 4.74 Å². The Morgan fingerprint density at radius 1 is 1.77 bits per heavy atom. The van der Waals surface area contributed by atoms with E-state index in [0.29, 0.717) is 6.61 Å². The van der Waals surface area contributed by atoms with Crippen LogP contribution in [0.2, 0.25) is 0 Å². The van der Waals surface area contributed by atoms with E-state index in [1.807, 2.05) is 13.0 Å². The van der Waals surface area contributed by atoms with Crippen molar-refractivity contribution in [3.63, 3.8) is 0 Å². The molecule has 1 saturated heterocycles. The van der Waals surface area contributed by atoms with Gasteiger partial charge in [0.15, 0.2) is 0 Å². The van der Waals surface area contributed by atoms with Crippen LogP contribution in [0.5, 0.6) is 0 Å². The number of nitrogens with zero attached hydrogens (tertiary/aromatic N) is 1. The predicted octanol–water partition coefficient (Wildman–Crippen LogP) is 1.81. The molecular formula is C9H11NO2S. The van der Waals surface area contributed by atoms with Crippen LogP contribution in [0.25, 0.3) is 0 Å². The molecule has 1 atom stereocenters. The third kappa shape index (κ3) is 1.78. The summed E-state index contributed by atoms with van der Waals surface area (Å²) in [5.74, 6) is 0.100. The maximum Gasteiger partial charge on any atom is 0.203 e. The maximum absolute atomic E-state index is 11.7. The van der Waals surface area contributed by atoms with Crippen LogP contribution >= 0.6 is 11.5 Å². The smallest absolute Gasteiger partial charge is 0.203 e. The van der Waals surface area contributed by atoms with Crippen LogP contribution in [0.3, 0.4) is 0 Å². The first-order valence-electron chi connectivity index (χ1n) is 4.36. The minimum atomic E-state index is -0.208. The molecule has 0 amide bonds. The summed E-state index contributed by atoms with van der Waals surface area (Å²) in [6, 6.07) is 1.83. The zero-order chi connectivity index (χ0) is 9.26. The molecule has 1 aromatic heterocycles. The Kier molecular flexibility index (Phi) is 2.42. The van der Waals surface area contributed by atoms with Crippen LogP contribution in [0.15, 0.2) is 6.07 Å². The highest BCUT2D eigenvalue weighted by Gasteiger charge is 2.25. The van der Waals surface area contributed by atoms with Gasteiger partial charge in [-0.15, -0.1) is 0 Å². The van der Waals surface area contributed by atoms with Crippen molar-refractivity contribution >= 4 is 17.3 Å². The number of aromatic nitrogens is 1. The van der Waals surface area contributed by atoms with E-state index in [2.05, 4.69) is 4.37 Å². The van der Waals surface area contributed by atoms with E-state index in [0.717, 1.165) is 23.4 Å². The van der Waals surface area contributed by atoms with E-state index in [1.54, 1.807) is 0 Å². The molecule has 1 aromatic rings. The van der Waals surface area contributed by atoms with Gasteiger partial charge in [0, 0.05) is 6.61 Å². The summed E-state index contributed by atoms with van der Waals surface area (Å²) in [7, 11) is 0. The highest BCUT2D eigenvalue weighted by molar-refractivity contribution is 7.08. The van der Waals surface area contributed by atoms with E-state index in [9.17, 15) is 4.79 Å². The monoisotopic (exact) mass is 197 g/mol. The van der Waals surface area contributed by atoms with Gasteiger partial charge in [-0.2, -0.15) is 4.37 Å². The second-order valence-electron chi connectivity index (χ2n) is 3.20. The van der Waals surface area contributed by atoms with Gasteiger partial charge in [0.1, 0.15) is 6.10 Å². The predicted molar refractivity (Wildman–Crippen MR) is 50.2 cm³/mol. The summed E-state index contributed by atoms with van der Waals surface area (Å²) in [4.78, 5) is 12.4. The van der Waals surface area contributed by atoms with Crippen molar-refractivity contribution in [2.45, 2.75) is 25.9 Å². The molecule has 0 aliphatic carbocycles. The SMILES string of the molecule is Cc1cc(C(=O)C2CCCO2)sn1. The van der Waals surface area contributed by atoms with Gasteiger partial charge in [0.2, 0.25) is 5.78 Å². The number of rotatable bonds is 2. The number of ether oxygens (including phenoxy) is 1. The molecule has 0 bridgehead atoms.